The standard InChI is InChI=1S/C24H32O3/c1-5-17(11-13-22(25)19(6-2)24(27)16(3)4)15-18-12-14-23(26)21-10-8-7-9-20(18)21/h6-10,12,14-16,19,22,24-27H,2,5,11,13H2,1,3-4H3/b17-15+/t19-,22-,24-/m1/s1. The van der Waals surface area contributed by atoms with Crippen LogP contribution in [0.25, 0.3) is 16.8 Å². The minimum Gasteiger partial charge on any atom is -0.507 e. The topological polar surface area (TPSA) is 60.7 Å². The van der Waals surface area contributed by atoms with Crippen molar-refractivity contribution in [1.29, 1.82) is 0 Å². The first-order valence-corrected chi connectivity index (χ1v) is 9.77. The van der Waals surface area contributed by atoms with Gasteiger partial charge in [-0.2, -0.15) is 0 Å². The third kappa shape index (κ3) is 5.21. The highest BCUT2D eigenvalue weighted by molar-refractivity contribution is 5.94. The van der Waals surface area contributed by atoms with Crippen LogP contribution in [-0.4, -0.2) is 27.5 Å². The molecule has 0 bridgehead atoms. The molecule has 3 N–H and O–H groups in total. The molecule has 3 atom stereocenters. The molecular weight excluding hydrogens is 336 g/mol. The smallest absolute Gasteiger partial charge is 0.123 e. The van der Waals surface area contributed by atoms with Crippen LogP contribution in [0, 0.1) is 11.8 Å². The lowest BCUT2D eigenvalue weighted by molar-refractivity contribution is 0.00885. The van der Waals surface area contributed by atoms with Crippen LogP contribution in [0.15, 0.2) is 54.6 Å². The van der Waals surface area contributed by atoms with Crippen molar-refractivity contribution in [2.75, 3.05) is 0 Å². The summed E-state index contributed by atoms with van der Waals surface area (Å²) in [6.45, 7) is 9.78. The molecule has 3 nitrogen and oxygen atoms in total. The van der Waals surface area contributed by atoms with Gasteiger partial charge >= 0.3 is 0 Å². The van der Waals surface area contributed by atoms with Crippen molar-refractivity contribution in [2.24, 2.45) is 11.8 Å². The highest BCUT2D eigenvalue weighted by Crippen LogP contribution is 2.30. The SMILES string of the molecule is C=C[C@H]([C@H](O)CC/C(=C/c1ccc(O)c2ccccc12)CC)[C@H](O)C(C)C. The van der Waals surface area contributed by atoms with Gasteiger partial charge < -0.3 is 15.3 Å². The van der Waals surface area contributed by atoms with Gasteiger partial charge in [0.15, 0.2) is 0 Å². The molecule has 2 aromatic rings. The second kappa shape index (κ2) is 9.72. The molecule has 3 heteroatoms. The highest BCUT2D eigenvalue weighted by atomic mass is 16.3. The maximum Gasteiger partial charge on any atom is 0.123 e. The number of aliphatic hydroxyl groups excluding tert-OH is 2. The molecule has 0 spiro atoms. The van der Waals surface area contributed by atoms with Gasteiger partial charge in [0.2, 0.25) is 0 Å². The van der Waals surface area contributed by atoms with Gasteiger partial charge in [-0.1, -0.05) is 68.8 Å². The molecule has 0 heterocycles. The fourth-order valence-corrected chi connectivity index (χ4v) is 3.50. The van der Waals surface area contributed by atoms with E-state index in [1.54, 1.807) is 12.1 Å². The Balaban J connectivity index is 2.18. The lowest BCUT2D eigenvalue weighted by Crippen LogP contribution is -2.33. The second-order valence-electron chi connectivity index (χ2n) is 7.53. The van der Waals surface area contributed by atoms with Crippen LogP contribution in [-0.2, 0) is 0 Å². The molecule has 146 valence electrons. The average molecular weight is 369 g/mol. The Hall–Kier alpha value is -2.10. The van der Waals surface area contributed by atoms with Gasteiger partial charge in [0.25, 0.3) is 0 Å². The van der Waals surface area contributed by atoms with Crippen LogP contribution in [0.5, 0.6) is 5.75 Å². The molecule has 0 aromatic heterocycles. The average Bonchev–Trinajstić information content (AvgIpc) is 2.67. The Morgan fingerprint density at radius 3 is 2.33 bits per heavy atom. The number of aliphatic hydroxyl groups is 2. The van der Waals surface area contributed by atoms with Crippen molar-refractivity contribution >= 4 is 16.8 Å². The normalized spacial score (nSPS) is 15.7. The molecule has 0 aliphatic rings. The van der Waals surface area contributed by atoms with Crippen LogP contribution < -0.4 is 0 Å². The van der Waals surface area contributed by atoms with E-state index in [1.807, 2.05) is 44.2 Å². The highest BCUT2D eigenvalue weighted by Gasteiger charge is 2.26. The Kier molecular flexibility index (Phi) is 7.64. The van der Waals surface area contributed by atoms with Crippen molar-refractivity contribution in [3.63, 3.8) is 0 Å². The number of phenols is 1. The Morgan fingerprint density at radius 2 is 1.74 bits per heavy atom. The summed E-state index contributed by atoms with van der Waals surface area (Å²) in [4.78, 5) is 0. The van der Waals surface area contributed by atoms with Crippen LogP contribution in [0.1, 0.15) is 45.6 Å². The summed E-state index contributed by atoms with van der Waals surface area (Å²) in [5.74, 6) is 0.0394. The quantitative estimate of drug-likeness (QED) is 0.526. The zero-order chi connectivity index (χ0) is 20.0. The van der Waals surface area contributed by atoms with Crippen molar-refractivity contribution in [3.8, 4) is 5.75 Å². The number of benzene rings is 2. The van der Waals surface area contributed by atoms with Crippen molar-refractivity contribution in [2.45, 2.75) is 52.2 Å². The summed E-state index contributed by atoms with van der Waals surface area (Å²) in [5.41, 5.74) is 2.30. The number of aromatic hydroxyl groups is 1. The lowest BCUT2D eigenvalue weighted by atomic mass is 9.86. The summed E-state index contributed by atoms with van der Waals surface area (Å²) < 4.78 is 0. The molecule has 0 aliphatic heterocycles. The summed E-state index contributed by atoms with van der Waals surface area (Å²) >= 11 is 0. The first kappa shape index (κ1) is 21.2. The van der Waals surface area contributed by atoms with E-state index in [4.69, 9.17) is 0 Å². The molecule has 0 fully saturated rings. The molecule has 27 heavy (non-hydrogen) atoms. The van der Waals surface area contributed by atoms with Crippen molar-refractivity contribution in [1.82, 2.24) is 0 Å². The van der Waals surface area contributed by atoms with E-state index in [1.165, 1.54) is 5.57 Å². The van der Waals surface area contributed by atoms with Crippen molar-refractivity contribution in [3.05, 3.63) is 60.2 Å². The molecule has 0 saturated carbocycles. The van der Waals surface area contributed by atoms with E-state index in [0.29, 0.717) is 6.42 Å². The van der Waals surface area contributed by atoms with E-state index >= 15 is 0 Å². The van der Waals surface area contributed by atoms with Gasteiger partial charge in [-0.15, -0.1) is 6.58 Å². The fourth-order valence-electron chi connectivity index (χ4n) is 3.50. The lowest BCUT2D eigenvalue weighted by Gasteiger charge is -2.27. The maximum absolute atomic E-state index is 10.6. The Labute approximate surface area is 162 Å². The van der Waals surface area contributed by atoms with Crippen LogP contribution in [0.2, 0.25) is 0 Å². The number of allylic oxidation sites excluding steroid dienone is 1. The summed E-state index contributed by atoms with van der Waals surface area (Å²) in [6.07, 6.45) is 4.82. The number of fused-ring (bicyclic) bond motifs is 1. The summed E-state index contributed by atoms with van der Waals surface area (Å²) in [5, 5.41) is 32.8. The number of rotatable bonds is 9. The second-order valence-corrected chi connectivity index (χ2v) is 7.53. The molecule has 2 aromatic carbocycles. The van der Waals surface area contributed by atoms with Crippen LogP contribution in [0.3, 0.4) is 0 Å². The van der Waals surface area contributed by atoms with E-state index in [-0.39, 0.29) is 17.6 Å². The minimum absolute atomic E-state index is 0.0761. The maximum atomic E-state index is 10.6. The Bertz CT molecular complexity index is 791. The molecule has 0 saturated heterocycles. The first-order chi connectivity index (χ1) is 12.9. The first-order valence-electron chi connectivity index (χ1n) is 9.77. The third-order valence-electron chi connectivity index (χ3n) is 5.30. The molecule has 0 amide bonds. The largest absolute Gasteiger partial charge is 0.507 e. The van der Waals surface area contributed by atoms with Gasteiger partial charge in [-0.05, 0) is 42.2 Å². The minimum atomic E-state index is -0.619. The summed E-state index contributed by atoms with van der Waals surface area (Å²) in [6, 6.07) is 11.5. The van der Waals surface area contributed by atoms with Crippen LogP contribution in [0.4, 0.5) is 0 Å². The van der Waals surface area contributed by atoms with E-state index < -0.39 is 12.2 Å². The van der Waals surface area contributed by atoms with Gasteiger partial charge in [-0.25, -0.2) is 0 Å². The zero-order valence-electron chi connectivity index (χ0n) is 16.6. The van der Waals surface area contributed by atoms with Gasteiger partial charge in [0.05, 0.1) is 12.2 Å². The molecular formula is C24H32O3. The number of phenolic OH excluding ortho intramolecular Hbond substituents is 1. The fraction of sp³-hybridized carbons (Fsp3) is 0.417. The number of hydrogen-bond donors (Lipinski definition) is 3. The predicted octanol–water partition coefficient (Wildman–Crippen LogP) is 5.30. The molecule has 0 radical (unpaired) electrons. The summed E-state index contributed by atoms with van der Waals surface area (Å²) in [7, 11) is 0. The van der Waals surface area contributed by atoms with E-state index in [2.05, 4.69) is 19.6 Å². The van der Waals surface area contributed by atoms with Gasteiger partial charge in [0.1, 0.15) is 5.75 Å². The predicted molar refractivity (Wildman–Crippen MR) is 114 cm³/mol. The zero-order valence-corrected chi connectivity index (χ0v) is 16.6. The molecule has 0 aliphatic carbocycles. The Morgan fingerprint density at radius 1 is 1.07 bits per heavy atom. The molecule has 0 unspecified atom stereocenters. The van der Waals surface area contributed by atoms with Crippen molar-refractivity contribution < 1.29 is 15.3 Å². The van der Waals surface area contributed by atoms with Gasteiger partial charge in [-0.3, -0.25) is 0 Å². The van der Waals surface area contributed by atoms with Crippen LogP contribution >= 0.6 is 0 Å². The third-order valence-corrected chi connectivity index (χ3v) is 5.30. The monoisotopic (exact) mass is 368 g/mol. The van der Waals surface area contributed by atoms with Gasteiger partial charge in [0, 0.05) is 11.3 Å². The van der Waals surface area contributed by atoms with E-state index in [0.717, 1.165) is 29.2 Å². The molecule has 2 rings (SSSR count). The van der Waals surface area contributed by atoms with E-state index in [9.17, 15) is 15.3 Å². The number of hydrogen-bond acceptors (Lipinski definition) is 3.